The molecular formula is C24H15Cl3N4OS2. The SMILES string of the molecule is O=C1C(Cl)C(c2ccccc2Cl)N1c1nnc(CN2c3ccccc3Sc3ccc(Cl)cc32)s1. The summed E-state index contributed by atoms with van der Waals surface area (Å²) in [6.45, 7) is 0.492. The first-order valence-electron chi connectivity index (χ1n) is 10.4. The number of benzene rings is 3. The number of halogens is 3. The Labute approximate surface area is 219 Å². The summed E-state index contributed by atoms with van der Waals surface area (Å²) in [6.07, 6.45) is 0. The highest BCUT2D eigenvalue weighted by molar-refractivity contribution is 7.99. The summed E-state index contributed by atoms with van der Waals surface area (Å²) in [5, 5.41) is 10.6. The second kappa shape index (κ2) is 8.73. The fourth-order valence-corrected chi connectivity index (χ4v) is 6.91. The minimum absolute atomic E-state index is 0.203. The van der Waals surface area contributed by atoms with Crippen molar-refractivity contribution < 1.29 is 4.79 Å². The first-order chi connectivity index (χ1) is 16.5. The molecule has 34 heavy (non-hydrogen) atoms. The zero-order chi connectivity index (χ0) is 23.4. The van der Waals surface area contributed by atoms with Gasteiger partial charge in [0.05, 0.1) is 24.0 Å². The molecule has 0 saturated carbocycles. The molecule has 2 atom stereocenters. The third-order valence-electron chi connectivity index (χ3n) is 5.80. The van der Waals surface area contributed by atoms with Crippen LogP contribution in [0.25, 0.3) is 0 Å². The Morgan fingerprint density at radius 1 is 0.912 bits per heavy atom. The van der Waals surface area contributed by atoms with Crippen LogP contribution in [-0.2, 0) is 11.3 Å². The first kappa shape index (κ1) is 22.2. The quantitative estimate of drug-likeness (QED) is 0.198. The van der Waals surface area contributed by atoms with Crippen LogP contribution in [0.3, 0.4) is 0 Å². The predicted molar refractivity (Wildman–Crippen MR) is 139 cm³/mol. The van der Waals surface area contributed by atoms with E-state index in [1.54, 1.807) is 22.7 Å². The maximum absolute atomic E-state index is 12.7. The largest absolute Gasteiger partial charge is 0.333 e. The van der Waals surface area contributed by atoms with Gasteiger partial charge in [-0.2, -0.15) is 0 Å². The number of hydrogen-bond donors (Lipinski definition) is 0. The van der Waals surface area contributed by atoms with E-state index in [4.69, 9.17) is 34.8 Å². The van der Waals surface area contributed by atoms with E-state index in [1.165, 1.54) is 11.3 Å². The molecular weight excluding hydrogens is 531 g/mol. The lowest BCUT2D eigenvalue weighted by atomic mass is 9.94. The normalized spacial score (nSPS) is 19.0. The first-order valence-corrected chi connectivity index (χ1v) is 13.2. The van der Waals surface area contributed by atoms with Crippen LogP contribution in [0.5, 0.6) is 0 Å². The molecule has 10 heteroatoms. The molecule has 0 radical (unpaired) electrons. The Balaban J connectivity index is 1.33. The van der Waals surface area contributed by atoms with E-state index in [2.05, 4.69) is 27.2 Å². The Bertz CT molecular complexity index is 1430. The lowest BCUT2D eigenvalue weighted by Gasteiger charge is -2.42. The van der Waals surface area contributed by atoms with Crippen LogP contribution < -0.4 is 9.80 Å². The van der Waals surface area contributed by atoms with Gasteiger partial charge in [0, 0.05) is 19.8 Å². The molecule has 170 valence electrons. The van der Waals surface area contributed by atoms with Crippen molar-refractivity contribution >= 4 is 80.3 Å². The minimum atomic E-state index is -0.688. The Kier molecular flexibility index (Phi) is 5.70. The number of β-lactam (4-membered cyclic amide) rings is 1. The lowest BCUT2D eigenvalue weighted by molar-refractivity contribution is -0.123. The summed E-state index contributed by atoms with van der Waals surface area (Å²) in [6, 6.07) is 21.1. The topological polar surface area (TPSA) is 49.3 Å². The monoisotopic (exact) mass is 544 g/mol. The minimum Gasteiger partial charge on any atom is -0.333 e. The summed E-state index contributed by atoms with van der Waals surface area (Å²) in [7, 11) is 0. The number of rotatable bonds is 4. The molecule has 0 N–H and O–H groups in total. The second-order valence-electron chi connectivity index (χ2n) is 7.82. The summed E-state index contributed by atoms with van der Waals surface area (Å²) in [5.41, 5.74) is 2.89. The van der Waals surface area contributed by atoms with E-state index < -0.39 is 5.38 Å². The molecule has 3 aromatic carbocycles. The maximum atomic E-state index is 12.7. The molecule has 2 aliphatic rings. The predicted octanol–water partition coefficient (Wildman–Crippen LogP) is 7.34. The van der Waals surface area contributed by atoms with Gasteiger partial charge in [-0.1, -0.05) is 76.6 Å². The summed E-state index contributed by atoms with van der Waals surface area (Å²) < 4.78 is 0. The molecule has 0 aliphatic carbocycles. The van der Waals surface area contributed by atoms with E-state index in [0.717, 1.165) is 31.7 Å². The van der Waals surface area contributed by atoms with E-state index in [9.17, 15) is 4.79 Å². The fourth-order valence-electron chi connectivity index (χ4n) is 4.19. The molecule has 0 bridgehead atoms. The van der Waals surface area contributed by atoms with Crippen LogP contribution in [0.4, 0.5) is 16.5 Å². The summed E-state index contributed by atoms with van der Waals surface area (Å²) in [5.74, 6) is -0.203. The third kappa shape index (κ3) is 3.67. The molecule has 2 aliphatic heterocycles. The summed E-state index contributed by atoms with van der Waals surface area (Å²) >= 11 is 22.2. The van der Waals surface area contributed by atoms with Gasteiger partial charge in [0.1, 0.15) is 10.4 Å². The molecule has 4 aromatic rings. The average molecular weight is 546 g/mol. The average Bonchev–Trinajstić information content (AvgIpc) is 3.30. The van der Waals surface area contributed by atoms with Crippen LogP contribution in [-0.4, -0.2) is 21.5 Å². The van der Waals surface area contributed by atoms with Crippen LogP contribution in [0.2, 0.25) is 10.0 Å². The zero-order valence-electron chi connectivity index (χ0n) is 17.4. The van der Waals surface area contributed by atoms with Crippen molar-refractivity contribution in [1.29, 1.82) is 0 Å². The fraction of sp³-hybridized carbons (Fsp3) is 0.125. The van der Waals surface area contributed by atoms with Gasteiger partial charge in [-0.05, 0) is 42.0 Å². The second-order valence-corrected chi connectivity index (χ2v) is 11.3. The number of fused-ring (bicyclic) bond motifs is 2. The molecule has 1 amide bonds. The van der Waals surface area contributed by atoms with E-state index in [-0.39, 0.29) is 11.9 Å². The van der Waals surface area contributed by atoms with Crippen molar-refractivity contribution in [1.82, 2.24) is 10.2 Å². The molecule has 6 rings (SSSR count). The van der Waals surface area contributed by atoms with Crippen molar-refractivity contribution in [2.75, 3.05) is 9.80 Å². The Morgan fingerprint density at radius 2 is 1.68 bits per heavy atom. The smallest absolute Gasteiger partial charge is 0.250 e. The van der Waals surface area contributed by atoms with Crippen molar-refractivity contribution in [3.8, 4) is 0 Å². The standard InChI is InChI=1S/C24H15Cl3N4OS2/c25-13-9-10-19-17(11-13)30(16-7-3-4-8-18(16)33-19)12-20-28-29-24(34-20)31-22(21(27)23(31)32)14-5-1-2-6-15(14)26/h1-11,21-22H,12H2. The van der Waals surface area contributed by atoms with Crippen LogP contribution in [0, 0.1) is 0 Å². The molecule has 2 unspecified atom stereocenters. The van der Waals surface area contributed by atoms with Crippen molar-refractivity contribution in [3.63, 3.8) is 0 Å². The highest BCUT2D eigenvalue weighted by Gasteiger charge is 2.50. The number of alkyl halides is 1. The third-order valence-corrected chi connectivity index (χ3v) is 8.84. The number of para-hydroxylation sites is 1. The van der Waals surface area contributed by atoms with Gasteiger partial charge in [-0.15, -0.1) is 21.8 Å². The van der Waals surface area contributed by atoms with Gasteiger partial charge < -0.3 is 4.90 Å². The zero-order valence-corrected chi connectivity index (χ0v) is 21.3. The molecule has 1 aromatic heterocycles. The van der Waals surface area contributed by atoms with E-state index in [0.29, 0.717) is 21.7 Å². The number of anilines is 3. The van der Waals surface area contributed by atoms with Gasteiger partial charge in [-0.25, -0.2) is 0 Å². The Morgan fingerprint density at radius 3 is 2.53 bits per heavy atom. The van der Waals surface area contributed by atoms with Gasteiger partial charge in [0.25, 0.3) is 0 Å². The van der Waals surface area contributed by atoms with Crippen LogP contribution >= 0.6 is 57.9 Å². The van der Waals surface area contributed by atoms with Gasteiger partial charge >= 0.3 is 0 Å². The summed E-state index contributed by atoms with van der Waals surface area (Å²) in [4.78, 5) is 18.7. The number of nitrogens with zero attached hydrogens (tertiary/aromatic N) is 4. The van der Waals surface area contributed by atoms with Gasteiger partial charge in [0.2, 0.25) is 11.0 Å². The number of carbonyl (C=O) groups excluding carboxylic acids is 1. The van der Waals surface area contributed by atoms with Crippen molar-refractivity contribution in [2.24, 2.45) is 0 Å². The number of aromatic nitrogens is 2. The highest BCUT2D eigenvalue weighted by atomic mass is 35.5. The van der Waals surface area contributed by atoms with E-state index >= 15 is 0 Å². The van der Waals surface area contributed by atoms with E-state index in [1.807, 2.05) is 48.5 Å². The number of amides is 1. The molecule has 3 heterocycles. The van der Waals surface area contributed by atoms with Gasteiger partial charge in [0.15, 0.2) is 0 Å². The Hall–Kier alpha value is -2.29. The van der Waals surface area contributed by atoms with Crippen molar-refractivity contribution in [2.45, 2.75) is 27.8 Å². The number of carbonyl (C=O) groups is 1. The van der Waals surface area contributed by atoms with Crippen molar-refractivity contribution in [3.05, 3.63) is 87.3 Å². The lowest BCUT2D eigenvalue weighted by Crippen LogP contribution is -2.56. The molecule has 5 nitrogen and oxygen atoms in total. The van der Waals surface area contributed by atoms with Crippen LogP contribution in [0.1, 0.15) is 16.6 Å². The maximum Gasteiger partial charge on any atom is 0.250 e. The molecule has 1 fully saturated rings. The van der Waals surface area contributed by atoms with Crippen LogP contribution in [0.15, 0.2) is 76.5 Å². The molecule has 1 saturated heterocycles. The van der Waals surface area contributed by atoms with Gasteiger partial charge in [-0.3, -0.25) is 9.69 Å². The number of hydrogen-bond acceptors (Lipinski definition) is 6. The molecule has 0 spiro atoms. The highest BCUT2D eigenvalue weighted by Crippen LogP contribution is 2.50.